The lowest BCUT2D eigenvalue weighted by Gasteiger charge is -2.42. The Kier molecular flexibility index (Phi) is 3.64. The molecule has 0 saturated carbocycles. The molecule has 3 heteroatoms. The van der Waals surface area contributed by atoms with E-state index in [0.29, 0.717) is 5.02 Å². The number of hydrogen-bond acceptors (Lipinski definition) is 2. The van der Waals surface area contributed by atoms with Crippen molar-refractivity contribution in [3.63, 3.8) is 0 Å². The Morgan fingerprint density at radius 2 is 1.38 bits per heavy atom. The van der Waals surface area contributed by atoms with Gasteiger partial charge in [0.1, 0.15) is 5.54 Å². The Morgan fingerprint density at radius 3 is 1.96 bits per heavy atom. The van der Waals surface area contributed by atoms with E-state index in [2.05, 4.69) is 0 Å². The van der Waals surface area contributed by atoms with Crippen LogP contribution in [0.2, 0.25) is 5.02 Å². The third-order valence-electron chi connectivity index (χ3n) is 4.48. The Hall–Kier alpha value is -2.55. The van der Waals surface area contributed by atoms with E-state index in [4.69, 9.17) is 11.6 Å². The van der Waals surface area contributed by atoms with Gasteiger partial charge in [0.2, 0.25) is 0 Å². The summed E-state index contributed by atoms with van der Waals surface area (Å²) in [6.45, 7) is 0. The zero-order chi connectivity index (χ0) is 16.6. The predicted molar refractivity (Wildman–Crippen MR) is 98.4 cm³/mol. The largest absolute Gasteiger partial charge is 0.287 e. The molecule has 2 nitrogen and oxygen atoms in total. The molecule has 0 amide bonds. The molecule has 3 aromatic rings. The third-order valence-corrected chi connectivity index (χ3v) is 4.72. The minimum atomic E-state index is -0.774. The number of hydrogen-bond donors (Lipinski definition) is 1. The fourth-order valence-electron chi connectivity index (χ4n) is 3.31. The summed E-state index contributed by atoms with van der Waals surface area (Å²) in [5.41, 5.74) is 2.84. The maximum atomic E-state index is 11.2. The number of halogens is 1. The zero-order valence-corrected chi connectivity index (χ0v) is 13.7. The molecule has 1 heterocycles. The second-order valence-corrected chi connectivity index (χ2v) is 6.28. The fourth-order valence-corrected chi connectivity index (χ4v) is 3.49. The summed E-state index contributed by atoms with van der Waals surface area (Å²) in [5, 5.41) is 13.2. The molecule has 0 bridgehead atoms. The van der Waals surface area contributed by atoms with Crippen molar-refractivity contribution in [2.24, 2.45) is 0 Å². The molecular formula is C21H16ClNO. The normalized spacial score (nSPS) is 15.2. The number of hydroxylamine groups is 1. The maximum absolute atomic E-state index is 11.2. The van der Waals surface area contributed by atoms with Crippen molar-refractivity contribution in [3.8, 4) is 0 Å². The van der Waals surface area contributed by atoms with Gasteiger partial charge >= 0.3 is 0 Å². The van der Waals surface area contributed by atoms with Gasteiger partial charge in [-0.2, -0.15) is 0 Å². The number of rotatable bonds is 2. The van der Waals surface area contributed by atoms with Gasteiger partial charge in [-0.1, -0.05) is 78.3 Å². The predicted octanol–water partition coefficient (Wildman–Crippen LogP) is 5.51. The summed E-state index contributed by atoms with van der Waals surface area (Å²) in [6.07, 6.45) is 4.05. The van der Waals surface area contributed by atoms with Gasteiger partial charge in [0.15, 0.2) is 0 Å². The lowest BCUT2D eigenvalue weighted by molar-refractivity contribution is 0.196. The highest BCUT2D eigenvalue weighted by Crippen LogP contribution is 2.44. The molecule has 0 aliphatic carbocycles. The fraction of sp³-hybridized carbons (Fsp3) is 0.0476. The van der Waals surface area contributed by atoms with Crippen molar-refractivity contribution in [2.45, 2.75) is 5.54 Å². The molecule has 1 aliphatic heterocycles. The Morgan fingerprint density at radius 1 is 0.792 bits per heavy atom. The molecule has 0 spiro atoms. The molecule has 1 N–H and O–H groups in total. The minimum absolute atomic E-state index is 0.652. The van der Waals surface area contributed by atoms with E-state index < -0.39 is 5.54 Å². The SMILES string of the molecule is ON1c2ccc(Cl)cc2C=CC1(c1ccccc1)c1ccccc1. The van der Waals surface area contributed by atoms with Gasteiger partial charge in [0, 0.05) is 10.6 Å². The molecular weight excluding hydrogens is 318 g/mol. The maximum Gasteiger partial charge on any atom is 0.135 e. The molecule has 0 fully saturated rings. The van der Waals surface area contributed by atoms with Crippen molar-refractivity contribution in [3.05, 3.63) is 107 Å². The van der Waals surface area contributed by atoms with Crippen LogP contribution in [-0.2, 0) is 5.54 Å². The quantitative estimate of drug-likeness (QED) is 0.668. The lowest BCUT2D eigenvalue weighted by Crippen LogP contribution is -2.45. The van der Waals surface area contributed by atoms with Crippen molar-refractivity contribution < 1.29 is 5.21 Å². The average Bonchev–Trinajstić information content (AvgIpc) is 2.64. The van der Waals surface area contributed by atoms with E-state index in [9.17, 15) is 5.21 Å². The van der Waals surface area contributed by atoms with Crippen LogP contribution in [0.3, 0.4) is 0 Å². The van der Waals surface area contributed by atoms with E-state index in [1.54, 1.807) is 6.07 Å². The first kappa shape index (κ1) is 15.0. The Bertz CT molecular complexity index is 851. The summed E-state index contributed by atoms with van der Waals surface area (Å²) in [7, 11) is 0. The van der Waals surface area contributed by atoms with Gasteiger partial charge in [-0.15, -0.1) is 0 Å². The molecule has 1 aliphatic rings. The lowest BCUT2D eigenvalue weighted by atomic mass is 9.79. The van der Waals surface area contributed by atoms with Crippen LogP contribution in [0.4, 0.5) is 5.69 Å². The highest BCUT2D eigenvalue weighted by Gasteiger charge is 2.40. The number of anilines is 1. The van der Waals surface area contributed by atoms with Crippen LogP contribution in [0, 0.1) is 0 Å². The monoisotopic (exact) mass is 333 g/mol. The second kappa shape index (κ2) is 5.82. The molecule has 118 valence electrons. The summed E-state index contributed by atoms with van der Waals surface area (Å²) in [4.78, 5) is 0. The van der Waals surface area contributed by atoms with Crippen LogP contribution in [0.25, 0.3) is 6.08 Å². The molecule has 0 atom stereocenters. The third kappa shape index (κ3) is 2.23. The van der Waals surface area contributed by atoms with Crippen LogP contribution >= 0.6 is 11.6 Å². The van der Waals surface area contributed by atoms with E-state index >= 15 is 0 Å². The van der Waals surface area contributed by atoms with E-state index in [0.717, 1.165) is 22.4 Å². The van der Waals surface area contributed by atoms with Crippen molar-refractivity contribution in [1.29, 1.82) is 0 Å². The van der Waals surface area contributed by atoms with Crippen LogP contribution in [0.1, 0.15) is 16.7 Å². The first-order valence-corrected chi connectivity index (χ1v) is 8.18. The van der Waals surface area contributed by atoms with E-state index in [1.807, 2.05) is 84.9 Å². The van der Waals surface area contributed by atoms with Gasteiger partial charge in [0.05, 0.1) is 5.69 Å². The number of benzene rings is 3. The number of fused-ring (bicyclic) bond motifs is 1. The van der Waals surface area contributed by atoms with Crippen molar-refractivity contribution in [1.82, 2.24) is 0 Å². The standard InChI is InChI=1S/C21H16ClNO/c22-19-11-12-20-16(15-19)13-14-21(23(20)24,17-7-3-1-4-8-17)18-9-5-2-6-10-18/h1-15,24H. The number of nitrogens with zero attached hydrogens (tertiary/aromatic N) is 1. The van der Waals surface area contributed by atoms with Gasteiger partial charge in [-0.05, 0) is 35.4 Å². The summed E-state index contributed by atoms with van der Waals surface area (Å²) < 4.78 is 0. The van der Waals surface area contributed by atoms with Gasteiger partial charge in [0.25, 0.3) is 0 Å². The highest BCUT2D eigenvalue weighted by molar-refractivity contribution is 6.30. The van der Waals surface area contributed by atoms with Crippen LogP contribution < -0.4 is 5.06 Å². The van der Waals surface area contributed by atoms with Crippen LogP contribution in [0.15, 0.2) is 84.9 Å². The highest BCUT2D eigenvalue weighted by atomic mass is 35.5. The van der Waals surface area contributed by atoms with E-state index in [-0.39, 0.29) is 0 Å². The first-order valence-electron chi connectivity index (χ1n) is 7.81. The average molecular weight is 334 g/mol. The second-order valence-electron chi connectivity index (χ2n) is 5.85. The minimum Gasteiger partial charge on any atom is -0.287 e. The van der Waals surface area contributed by atoms with Crippen LogP contribution in [-0.4, -0.2) is 5.21 Å². The van der Waals surface area contributed by atoms with Crippen molar-refractivity contribution >= 4 is 23.4 Å². The molecule has 3 aromatic carbocycles. The van der Waals surface area contributed by atoms with Gasteiger partial charge < -0.3 is 0 Å². The summed E-state index contributed by atoms with van der Waals surface area (Å²) in [5.74, 6) is 0. The van der Waals surface area contributed by atoms with Gasteiger partial charge in [-0.3, -0.25) is 5.21 Å². The smallest absolute Gasteiger partial charge is 0.135 e. The molecule has 0 aromatic heterocycles. The van der Waals surface area contributed by atoms with Crippen molar-refractivity contribution in [2.75, 3.05) is 5.06 Å². The molecule has 0 saturated heterocycles. The molecule has 0 unspecified atom stereocenters. The molecule has 0 radical (unpaired) electrons. The summed E-state index contributed by atoms with van der Waals surface area (Å²) in [6, 6.07) is 25.5. The first-order chi connectivity index (χ1) is 11.7. The molecule has 4 rings (SSSR count). The topological polar surface area (TPSA) is 23.5 Å². The summed E-state index contributed by atoms with van der Waals surface area (Å²) >= 11 is 6.10. The zero-order valence-electron chi connectivity index (χ0n) is 12.9. The van der Waals surface area contributed by atoms with E-state index in [1.165, 1.54) is 5.06 Å². The Labute approximate surface area is 146 Å². The Balaban J connectivity index is 1.98. The van der Waals surface area contributed by atoms with Crippen LogP contribution in [0.5, 0.6) is 0 Å². The van der Waals surface area contributed by atoms with Gasteiger partial charge in [-0.25, -0.2) is 5.06 Å². The molecule has 24 heavy (non-hydrogen) atoms.